The minimum absolute atomic E-state index is 0.0107. The number of hydrogen-bond acceptors (Lipinski definition) is 3. The van der Waals surface area contributed by atoms with Crippen LogP contribution in [0.2, 0.25) is 0 Å². The Bertz CT molecular complexity index is 428. The van der Waals surface area contributed by atoms with Gasteiger partial charge in [0.2, 0.25) is 0 Å². The zero-order valence-electron chi connectivity index (χ0n) is 8.27. The van der Waals surface area contributed by atoms with E-state index in [0.717, 1.165) is 0 Å². The first-order valence-corrected chi connectivity index (χ1v) is 4.17. The van der Waals surface area contributed by atoms with Crippen molar-refractivity contribution in [1.29, 1.82) is 0 Å². The van der Waals surface area contributed by atoms with Crippen LogP contribution in [0.15, 0.2) is 12.1 Å². The van der Waals surface area contributed by atoms with E-state index in [1.54, 1.807) is 13.8 Å². The number of carboxylic acid groups (broad SMARTS) is 1. The van der Waals surface area contributed by atoms with E-state index in [9.17, 15) is 14.9 Å². The molecule has 6 nitrogen and oxygen atoms in total. The molecule has 0 fully saturated rings. The molecular formula is C9H10N2O4. The molecule has 1 aromatic carbocycles. The number of aryl methyl sites for hydroxylation is 2. The summed E-state index contributed by atoms with van der Waals surface area (Å²) in [5.41, 5.74) is 1.30. The Hall–Kier alpha value is -2.11. The van der Waals surface area contributed by atoms with Crippen molar-refractivity contribution >= 4 is 17.5 Å². The topological polar surface area (TPSA) is 92.5 Å². The number of benzene rings is 1. The molecule has 0 radical (unpaired) electrons. The second-order valence-electron chi connectivity index (χ2n) is 3.14. The van der Waals surface area contributed by atoms with Gasteiger partial charge in [0.15, 0.2) is 0 Å². The number of hydrogen-bond donors (Lipinski definition) is 2. The van der Waals surface area contributed by atoms with Crippen LogP contribution in [0.1, 0.15) is 11.1 Å². The minimum Gasteiger partial charge on any atom is -0.465 e. The van der Waals surface area contributed by atoms with Gasteiger partial charge in [-0.3, -0.25) is 15.4 Å². The normalized spacial score (nSPS) is 9.73. The highest BCUT2D eigenvalue weighted by Gasteiger charge is 2.13. The van der Waals surface area contributed by atoms with Gasteiger partial charge in [-0.25, -0.2) is 4.79 Å². The van der Waals surface area contributed by atoms with Crippen molar-refractivity contribution in [1.82, 2.24) is 0 Å². The van der Waals surface area contributed by atoms with Crippen LogP contribution in [0.4, 0.5) is 16.2 Å². The van der Waals surface area contributed by atoms with Crippen molar-refractivity contribution in [2.75, 3.05) is 5.32 Å². The summed E-state index contributed by atoms with van der Waals surface area (Å²) >= 11 is 0. The zero-order chi connectivity index (χ0) is 11.6. The molecule has 0 saturated heterocycles. The number of nitrogens with zero attached hydrogens (tertiary/aromatic N) is 1. The molecule has 15 heavy (non-hydrogen) atoms. The van der Waals surface area contributed by atoms with E-state index in [1.165, 1.54) is 12.1 Å². The molecule has 0 aliphatic rings. The van der Waals surface area contributed by atoms with Crippen molar-refractivity contribution in [2.24, 2.45) is 0 Å². The first-order chi connectivity index (χ1) is 6.91. The van der Waals surface area contributed by atoms with Gasteiger partial charge in [-0.1, -0.05) is 0 Å². The van der Waals surface area contributed by atoms with Gasteiger partial charge in [0.25, 0.3) is 5.69 Å². The fourth-order valence-electron chi connectivity index (χ4n) is 1.25. The highest BCUT2D eigenvalue weighted by atomic mass is 16.6. The summed E-state index contributed by atoms with van der Waals surface area (Å²) in [7, 11) is 0. The largest absolute Gasteiger partial charge is 0.465 e. The molecule has 0 aliphatic carbocycles. The maximum atomic E-state index is 10.6. The summed E-state index contributed by atoms with van der Waals surface area (Å²) < 4.78 is 0. The van der Waals surface area contributed by atoms with E-state index in [4.69, 9.17) is 5.11 Å². The number of nitro benzene ring substituents is 1. The third-order valence-corrected chi connectivity index (χ3v) is 1.98. The molecule has 0 unspecified atom stereocenters. The van der Waals surface area contributed by atoms with Gasteiger partial charge in [0.05, 0.1) is 4.92 Å². The number of carbonyl (C=O) groups is 1. The lowest BCUT2D eigenvalue weighted by molar-refractivity contribution is -0.385. The lowest BCUT2D eigenvalue weighted by atomic mass is 10.1. The first kappa shape index (κ1) is 11.0. The molecule has 0 saturated carbocycles. The zero-order valence-corrected chi connectivity index (χ0v) is 8.27. The van der Waals surface area contributed by atoms with E-state index in [1.807, 2.05) is 0 Å². The second-order valence-corrected chi connectivity index (χ2v) is 3.14. The fraction of sp³-hybridized carbons (Fsp3) is 0.222. The molecule has 0 atom stereocenters. The summed E-state index contributed by atoms with van der Waals surface area (Å²) in [5.74, 6) is 0. The van der Waals surface area contributed by atoms with Crippen molar-refractivity contribution < 1.29 is 14.8 Å². The third kappa shape index (κ3) is 2.43. The summed E-state index contributed by atoms with van der Waals surface area (Å²) in [4.78, 5) is 20.5. The minimum atomic E-state index is -1.19. The van der Waals surface area contributed by atoms with E-state index in [2.05, 4.69) is 5.32 Å². The molecule has 1 rings (SSSR count). The number of amides is 1. The Balaban J connectivity index is 3.19. The summed E-state index contributed by atoms with van der Waals surface area (Å²) in [5, 5.41) is 21.3. The maximum absolute atomic E-state index is 10.6. The molecule has 80 valence electrons. The van der Waals surface area contributed by atoms with Crippen LogP contribution < -0.4 is 5.32 Å². The number of nitrogens with one attached hydrogen (secondary N) is 1. The monoisotopic (exact) mass is 210 g/mol. The molecule has 0 aromatic heterocycles. The van der Waals surface area contributed by atoms with Crippen LogP contribution in [-0.2, 0) is 0 Å². The molecule has 1 aromatic rings. The van der Waals surface area contributed by atoms with Crippen molar-refractivity contribution in [3.63, 3.8) is 0 Å². The first-order valence-electron chi connectivity index (χ1n) is 4.17. The molecule has 2 N–H and O–H groups in total. The number of rotatable bonds is 2. The van der Waals surface area contributed by atoms with Gasteiger partial charge >= 0.3 is 6.09 Å². The molecule has 1 amide bonds. The molecule has 6 heteroatoms. The quantitative estimate of drug-likeness (QED) is 0.578. The Labute approximate surface area is 85.7 Å². The van der Waals surface area contributed by atoms with Gasteiger partial charge in [0, 0.05) is 17.3 Å². The Morgan fingerprint density at radius 2 is 2.00 bits per heavy atom. The highest BCUT2D eigenvalue weighted by Crippen LogP contribution is 2.25. The summed E-state index contributed by atoms with van der Waals surface area (Å²) in [6.07, 6.45) is -1.19. The van der Waals surface area contributed by atoms with Gasteiger partial charge in [-0.2, -0.15) is 0 Å². The molecule has 0 heterocycles. The van der Waals surface area contributed by atoms with E-state index in [0.29, 0.717) is 16.8 Å². The lowest BCUT2D eigenvalue weighted by Gasteiger charge is -2.06. The van der Waals surface area contributed by atoms with Gasteiger partial charge in [-0.05, 0) is 25.5 Å². The summed E-state index contributed by atoms with van der Waals surface area (Å²) in [6, 6.07) is 2.79. The van der Waals surface area contributed by atoms with Crippen LogP contribution in [0.3, 0.4) is 0 Å². The Morgan fingerprint density at radius 1 is 1.40 bits per heavy atom. The molecular weight excluding hydrogens is 200 g/mol. The number of nitro groups is 1. The number of anilines is 1. The van der Waals surface area contributed by atoms with Crippen LogP contribution in [-0.4, -0.2) is 16.1 Å². The van der Waals surface area contributed by atoms with Crippen LogP contribution in [0.25, 0.3) is 0 Å². The molecule has 0 bridgehead atoms. The Morgan fingerprint density at radius 3 is 2.47 bits per heavy atom. The van der Waals surface area contributed by atoms with Crippen molar-refractivity contribution in [2.45, 2.75) is 13.8 Å². The average molecular weight is 210 g/mol. The third-order valence-electron chi connectivity index (χ3n) is 1.98. The van der Waals surface area contributed by atoms with Gasteiger partial charge in [0.1, 0.15) is 0 Å². The van der Waals surface area contributed by atoms with Gasteiger partial charge < -0.3 is 5.11 Å². The highest BCUT2D eigenvalue weighted by molar-refractivity contribution is 5.84. The van der Waals surface area contributed by atoms with Gasteiger partial charge in [-0.15, -0.1) is 0 Å². The molecule has 0 spiro atoms. The predicted octanol–water partition coefficient (Wildman–Crippen LogP) is 2.30. The maximum Gasteiger partial charge on any atom is 0.409 e. The smallest absolute Gasteiger partial charge is 0.409 e. The van der Waals surface area contributed by atoms with E-state index in [-0.39, 0.29) is 5.69 Å². The lowest BCUT2D eigenvalue weighted by Crippen LogP contribution is -2.09. The summed E-state index contributed by atoms with van der Waals surface area (Å²) in [6.45, 7) is 3.17. The van der Waals surface area contributed by atoms with E-state index < -0.39 is 11.0 Å². The molecule has 0 aliphatic heterocycles. The standard InChI is InChI=1S/C9H10N2O4/c1-5-4-8(11(14)15)6(2)3-7(5)10-9(12)13/h3-4,10H,1-2H3,(H,12,13). The second kappa shape index (κ2) is 3.95. The Kier molecular flexibility index (Phi) is 2.89. The van der Waals surface area contributed by atoms with Crippen LogP contribution in [0.5, 0.6) is 0 Å². The van der Waals surface area contributed by atoms with Crippen LogP contribution in [0, 0.1) is 24.0 Å². The van der Waals surface area contributed by atoms with Crippen molar-refractivity contribution in [3.05, 3.63) is 33.4 Å². The van der Waals surface area contributed by atoms with Crippen molar-refractivity contribution in [3.8, 4) is 0 Å². The fourth-order valence-corrected chi connectivity index (χ4v) is 1.25. The average Bonchev–Trinajstić information content (AvgIpc) is 2.09. The van der Waals surface area contributed by atoms with E-state index >= 15 is 0 Å². The SMILES string of the molecule is Cc1cc([N+](=O)[O-])c(C)cc1NC(=O)O. The predicted molar refractivity (Wildman–Crippen MR) is 54.2 cm³/mol. The van der Waals surface area contributed by atoms with Crippen LogP contribution >= 0.6 is 0 Å².